The molecule has 3 aliphatic rings. The van der Waals surface area contributed by atoms with E-state index in [1.807, 2.05) is 0 Å². The average molecular weight is 475 g/mol. The van der Waals surface area contributed by atoms with Gasteiger partial charge in [0.15, 0.2) is 11.6 Å². The Balaban J connectivity index is 1.22. The Morgan fingerprint density at radius 3 is 2.09 bits per heavy atom. The third-order valence-corrected chi connectivity index (χ3v) is 8.85. The second-order valence-electron chi connectivity index (χ2n) is 10.9. The summed E-state index contributed by atoms with van der Waals surface area (Å²) in [6, 6.07) is 3.34. The molecular weight excluding hydrogens is 430 g/mol. The van der Waals surface area contributed by atoms with Gasteiger partial charge in [-0.2, -0.15) is 4.39 Å². The molecule has 1 aromatic carbocycles. The van der Waals surface area contributed by atoms with Crippen molar-refractivity contribution in [2.75, 3.05) is 6.61 Å². The Hall–Kier alpha value is -1.58. The fourth-order valence-corrected chi connectivity index (χ4v) is 6.76. The van der Waals surface area contributed by atoms with Crippen LogP contribution in [0.4, 0.5) is 8.78 Å². The molecule has 1 aliphatic heterocycles. The Morgan fingerprint density at radius 1 is 0.824 bits per heavy atom. The molecule has 2 nitrogen and oxygen atoms in total. The van der Waals surface area contributed by atoms with Gasteiger partial charge in [-0.25, -0.2) is 4.39 Å². The second kappa shape index (κ2) is 12.4. The molecule has 1 unspecified atom stereocenters. The number of hydrogen-bond donors (Lipinski definition) is 0. The van der Waals surface area contributed by atoms with E-state index >= 15 is 0 Å². The van der Waals surface area contributed by atoms with Crippen LogP contribution < -0.4 is 4.74 Å². The topological polar surface area (TPSA) is 18.5 Å². The van der Waals surface area contributed by atoms with Crippen molar-refractivity contribution < 1.29 is 18.3 Å². The van der Waals surface area contributed by atoms with Crippen LogP contribution in [0.5, 0.6) is 5.75 Å². The number of hydrogen-bond acceptors (Lipinski definition) is 2. The Morgan fingerprint density at radius 2 is 1.50 bits per heavy atom. The van der Waals surface area contributed by atoms with E-state index in [9.17, 15) is 8.78 Å². The fourth-order valence-electron chi connectivity index (χ4n) is 6.76. The zero-order chi connectivity index (χ0) is 23.9. The molecule has 0 spiro atoms. The molecule has 2 aliphatic carbocycles. The molecular formula is C30H44F2O2. The minimum atomic E-state index is -0.826. The predicted molar refractivity (Wildman–Crippen MR) is 134 cm³/mol. The van der Waals surface area contributed by atoms with E-state index in [1.54, 1.807) is 24.6 Å². The third-order valence-electron chi connectivity index (χ3n) is 8.85. The Bertz CT molecular complexity index is 804. The molecule has 0 saturated heterocycles. The number of ether oxygens (including phenoxy) is 2. The van der Waals surface area contributed by atoms with E-state index in [4.69, 9.17) is 9.47 Å². The molecule has 1 heterocycles. The van der Waals surface area contributed by atoms with E-state index in [0.717, 1.165) is 37.5 Å². The summed E-state index contributed by atoms with van der Waals surface area (Å²) in [5, 5.41) is 0. The van der Waals surface area contributed by atoms with Crippen LogP contribution in [0.2, 0.25) is 0 Å². The van der Waals surface area contributed by atoms with E-state index in [2.05, 4.69) is 13.2 Å². The van der Waals surface area contributed by atoms with Gasteiger partial charge >= 0.3 is 0 Å². The first-order valence-electron chi connectivity index (χ1n) is 14.1. The van der Waals surface area contributed by atoms with Gasteiger partial charge < -0.3 is 9.47 Å². The van der Waals surface area contributed by atoms with Crippen LogP contribution in [0.15, 0.2) is 24.0 Å². The zero-order valence-corrected chi connectivity index (χ0v) is 21.3. The first-order chi connectivity index (χ1) is 16.6. The molecule has 4 rings (SSSR count). The molecule has 0 bridgehead atoms. The molecule has 34 heavy (non-hydrogen) atoms. The van der Waals surface area contributed by atoms with Crippen LogP contribution in [0, 0.1) is 29.4 Å². The highest BCUT2D eigenvalue weighted by molar-refractivity contribution is 5.33. The summed E-state index contributed by atoms with van der Waals surface area (Å²) < 4.78 is 40.3. The molecule has 1 atom stereocenters. The first kappa shape index (κ1) is 25.5. The van der Waals surface area contributed by atoms with Gasteiger partial charge in [0.1, 0.15) is 0 Å². The molecule has 1 aromatic rings. The van der Waals surface area contributed by atoms with E-state index in [-0.39, 0.29) is 11.7 Å². The maximum Gasteiger partial charge on any atom is 0.200 e. The summed E-state index contributed by atoms with van der Waals surface area (Å²) in [6.45, 7) is 4.38. The van der Waals surface area contributed by atoms with E-state index in [1.165, 1.54) is 64.2 Å². The van der Waals surface area contributed by atoms with Crippen molar-refractivity contribution >= 4 is 0 Å². The van der Waals surface area contributed by atoms with Gasteiger partial charge in [0.05, 0.1) is 19.0 Å². The lowest BCUT2D eigenvalue weighted by Crippen LogP contribution is -2.27. The molecule has 2 fully saturated rings. The van der Waals surface area contributed by atoms with Crippen LogP contribution in [0.1, 0.15) is 115 Å². The monoisotopic (exact) mass is 474 g/mol. The lowest BCUT2D eigenvalue weighted by Gasteiger charge is -2.39. The van der Waals surface area contributed by atoms with Crippen molar-refractivity contribution in [3.05, 3.63) is 41.2 Å². The van der Waals surface area contributed by atoms with Crippen LogP contribution in [-0.4, -0.2) is 12.7 Å². The summed E-state index contributed by atoms with van der Waals surface area (Å²) >= 11 is 0. The van der Waals surface area contributed by atoms with Crippen LogP contribution in [0.3, 0.4) is 0 Å². The first-order valence-corrected chi connectivity index (χ1v) is 14.1. The normalized spacial score (nSPS) is 29.9. The highest BCUT2D eigenvalue weighted by Gasteiger charge is 2.34. The van der Waals surface area contributed by atoms with Gasteiger partial charge in [0.25, 0.3) is 0 Å². The van der Waals surface area contributed by atoms with Crippen LogP contribution >= 0.6 is 0 Å². The fraction of sp³-hybridized carbons (Fsp3) is 0.733. The standard InChI is InChI=1S/C30H44F2O2/c1-3-5-6-7-26-17-16-25(20-34-26)23-10-8-21(9-11-23)22-12-14-24(15-13-22)27-18-19-28(33-4-2)30(32)29(27)31/h18-24,26H,3-17H2,1-2H3. The van der Waals surface area contributed by atoms with Crippen molar-refractivity contribution in [1.82, 2.24) is 0 Å². The minimum absolute atomic E-state index is 0.0275. The minimum Gasteiger partial charge on any atom is -0.498 e. The second-order valence-corrected chi connectivity index (χ2v) is 10.9. The quantitative estimate of drug-likeness (QED) is 0.332. The molecule has 190 valence electrons. The molecule has 0 amide bonds. The number of halogens is 2. The van der Waals surface area contributed by atoms with Crippen molar-refractivity contribution in [2.24, 2.45) is 17.8 Å². The van der Waals surface area contributed by atoms with Gasteiger partial charge in [-0.15, -0.1) is 0 Å². The van der Waals surface area contributed by atoms with Crippen molar-refractivity contribution in [3.63, 3.8) is 0 Å². The van der Waals surface area contributed by atoms with Crippen molar-refractivity contribution in [3.8, 4) is 5.75 Å². The molecule has 0 aromatic heterocycles. The zero-order valence-electron chi connectivity index (χ0n) is 21.3. The number of benzene rings is 1. The van der Waals surface area contributed by atoms with Gasteiger partial charge in [0, 0.05) is 0 Å². The van der Waals surface area contributed by atoms with Crippen molar-refractivity contribution in [1.29, 1.82) is 0 Å². The smallest absolute Gasteiger partial charge is 0.200 e. The summed E-state index contributed by atoms with van der Waals surface area (Å²) in [6.07, 6.45) is 19.5. The lowest BCUT2D eigenvalue weighted by molar-refractivity contribution is 0.0993. The molecule has 0 radical (unpaired) electrons. The third kappa shape index (κ3) is 6.15. The summed E-state index contributed by atoms with van der Waals surface area (Å²) in [5.41, 5.74) is 2.10. The Labute approximate surface area is 205 Å². The molecule has 2 saturated carbocycles. The van der Waals surface area contributed by atoms with Crippen LogP contribution in [-0.2, 0) is 4.74 Å². The lowest BCUT2D eigenvalue weighted by atomic mass is 9.67. The Kier molecular flexibility index (Phi) is 9.31. The van der Waals surface area contributed by atoms with Crippen LogP contribution in [0.25, 0.3) is 0 Å². The average Bonchev–Trinajstić information content (AvgIpc) is 2.88. The van der Waals surface area contributed by atoms with Gasteiger partial charge in [-0.05, 0) is 125 Å². The highest BCUT2D eigenvalue weighted by atomic mass is 19.2. The highest BCUT2D eigenvalue weighted by Crippen LogP contribution is 2.46. The molecule has 4 heteroatoms. The van der Waals surface area contributed by atoms with Gasteiger partial charge in [0.2, 0.25) is 5.82 Å². The number of allylic oxidation sites excluding steroid dienone is 1. The summed E-state index contributed by atoms with van der Waals surface area (Å²) in [4.78, 5) is 0. The van der Waals surface area contributed by atoms with E-state index < -0.39 is 11.6 Å². The van der Waals surface area contributed by atoms with Gasteiger partial charge in [-0.1, -0.05) is 25.8 Å². The maximum absolute atomic E-state index is 14.7. The largest absolute Gasteiger partial charge is 0.498 e. The van der Waals surface area contributed by atoms with Crippen molar-refractivity contribution in [2.45, 2.75) is 116 Å². The molecule has 0 N–H and O–H groups in total. The maximum atomic E-state index is 14.7. The SMILES string of the molecule is CCCCCC1CCC(C2CCC(C3CCC(c4ccc(OCC)c(F)c4F)CC3)CC2)=CO1. The number of unbranched alkanes of at least 4 members (excludes halogenated alkanes) is 2. The van der Waals surface area contributed by atoms with Gasteiger partial charge in [-0.3, -0.25) is 0 Å². The van der Waals surface area contributed by atoms with E-state index in [0.29, 0.717) is 24.2 Å². The predicted octanol–water partition coefficient (Wildman–Crippen LogP) is 9.09. The summed E-state index contributed by atoms with van der Waals surface area (Å²) in [7, 11) is 0. The number of rotatable bonds is 9. The summed E-state index contributed by atoms with van der Waals surface area (Å²) in [5.74, 6) is 0.884.